The van der Waals surface area contributed by atoms with Gasteiger partial charge in [-0.25, -0.2) is 8.42 Å². The highest BCUT2D eigenvalue weighted by molar-refractivity contribution is 7.93. The van der Waals surface area contributed by atoms with Crippen LogP contribution in [0.4, 0.5) is 11.4 Å². The van der Waals surface area contributed by atoms with Crippen molar-refractivity contribution in [3.05, 3.63) is 63.7 Å². The van der Waals surface area contributed by atoms with Gasteiger partial charge in [-0.3, -0.25) is 19.2 Å². The van der Waals surface area contributed by atoms with Gasteiger partial charge in [-0.05, 0) is 44.0 Å². The molecule has 0 aliphatic carbocycles. The van der Waals surface area contributed by atoms with Crippen LogP contribution in [0.25, 0.3) is 0 Å². The minimum absolute atomic E-state index is 0.108. The second-order valence-corrected chi connectivity index (χ2v) is 7.69. The predicted molar refractivity (Wildman–Crippen MR) is 100 cm³/mol. The van der Waals surface area contributed by atoms with Crippen LogP contribution in [0.1, 0.15) is 18.1 Å². The van der Waals surface area contributed by atoms with Crippen LogP contribution in [0.15, 0.2) is 47.4 Å². The maximum atomic E-state index is 13.3. The molecule has 8 nitrogen and oxygen atoms in total. The minimum atomic E-state index is -4.24. The molecule has 2 rings (SSSR count). The number of hydrogen-bond donors (Lipinski definition) is 0. The SMILES string of the molecule is CCOC(=O)CN(c1cccc(C)c1)S(=O)(=O)c1cc([N+](=O)[O-])ccc1C. The molecule has 0 saturated heterocycles. The number of nitro benzene ring substituents is 1. The monoisotopic (exact) mass is 392 g/mol. The fourth-order valence-corrected chi connectivity index (χ4v) is 4.17. The number of carbonyl (C=O) groups is 1. The number of sulfonamides is 1. The lowest BCUT2D eigenvalue weighted by molar-refractivity contribution is -0.385. The van der Waals surface area contributed by atoms with Gasteiger partial charge in [0.15, 0.2) is 0 Å². The molecular weight excluding hydrogens is 372 g/mol. The Morgan fingerprint density at radius 2 is 1.89 bits per heavy atom. The van der Waals surface area contributed by atoms with Crippen LogP contribution < -0.4 is 4.31 Å². The highest BCUT2D eigenvalue weighted by Gasteiger charge is 2.30. The van der Waals surface area contributed by atoms with Gasteiger partial charge in [0.2, 0.25) is 0 Å². The summed E-state index contributed by atoms with van der Waals surface area (Å²) in [6.45, 7) is 4.51. The lowest BCUT2D eigenvalue weighted by Crippen LogP contribution is -2.37. The summed E-state index contributed by atoms with van der Waals surface area (Å²) >= 11 is 0. The maximum absolute atomic E-state index is 13.3. The molecule has 0 aromatic heterocycles. The lowest BCUT2D eigenvalue weighted by Gasteiger charge is -2.24. The molecule has 0 spiro atoms. The van der Waals surface area contributed by atoms with E-state index in [1.807, 2.05) is 0 Å². The number of nitro groups is 1. The first-order chi connectivity index (χ1) is 12.7. The number of carbonyl (C=O) groups excluding carboxylic acids is 1. The Kier molecular flexibility index (Phi) is 6.17. The number of nitrogens with zero attached hydrogens (tertiary/aromatic N) is 2. The summed E-state index contributed by atoms with van der Waals surface area (Å²) in [5, 5.41) is 11.1. The van der Waals surface area contributed by atoms with Gasteiger partial charge >= 0.3 is 5.97 Å². The topological polar surface area (TPSA) is 107 Å². The molecule has 0 atom stereocenters. The van der Waals surface area contributed by atoms with Gasteiger partial charge in [0.05, 0.1) is 22.1 Å². The van der Waals surface area contributed by atoms with Gasteiger partial charge in [-0.1, -0.05) is 18.2 Å². The van der Waals surface area contributed by atoms with Crippen LogP contribution in [0.5, 0.6) is 0 Å². The molecule has 0 unspecified atom stereocenters. The molecule has 0 N–H and O–H groups in total. The van der Waals surface area contributed by atoms with Crippen LogP contribution in [0.2, 0.25) is 0 Å². The third-order valence-electron chi connectivity index (χ3n) is 3.82. The Morgan fingerprint density at radius 3 is 2.48 bits per heavy atom. The molecule has 27 heavy (non-hydrogen) atoms. The van der Waals surface area contributed by atoms with Crippen molar-refractivity contribution in [1.82, 2.24) is 0 Å². The smallest absolute Gasteiger partial charge is 0.326 e. The van der Waals surface area contributed by atoms with E-state index in [0.29, 0.717) is 5.56 Å². The zero-order chi connectivity index (χ0) is 20.2. The van der Waals surface area contributed by atoms with Crippen LogP contribution >= 0.6 is 0 Å². The van der Waals surface area contributed by atoms with Gasteiger partial charge in [-0.2, -0.15) is 0 Å². The fraction of sp³-hybridized carbons (Fsp3) is 0.278. The van der Waals surface area contributed by atoms with Crippen LogP contribution in [-0.4, -0.2) is 32.5 Å². The van der Waals surface area contributed by atoms with Crippen LogP contribution in [0, 0.1) is 24.0 Å². The van der Waals surface area contributed by atoms with E-state index in [2.05, 4.69) is 0 Å². The fourth-order valence-electron chi connectivity index (χ4n) is 2.52. The Morgan fingerprint density at radius 1 is 1.19 bits per heavy atom. The highest BCUT2D eigenvalue weighted by atomic mass is 32.2. The molecule has 2 aromatic rings. The first-order valence-electron chi connectivity index (χ1n) is 8.17. The minimum Gasteiger partial charge on any atom is -0.465 e. The van der Waals surface area contributed by atoms with E-state index in [4.69, 9.17) is 4.74 Å². The third-order valence-corrected chi connectivity index (χ3v) is 5.73. The molecule has 0 amide bonds. The average Bonchev–Trinajstić information content (AvgIpc) is 2.59. The quantitative estimate of drug-likeness (QED) is 0.407. The normalized spacial score (nSPS) is 11.1. The molecular formula is C18H20N2O6S. The molecule has 9 heteroatoms. The summed E-state index contributed by atoms with van der Waals surface area (Å²) in [5.41, 5.74) is 1.06. The second-order valence-electron chi connectivity index (χ2n) is 5.86. The summed E-state index contributed by atoms with van der Waals surface area (Å²) in [4.78, 5) is 22.2. The number of non-ortho nitro benzene ring substituents is 1. The van der Waals surface area contributed by atoms with Gasteiger partial charge in [0.1, 0.15) is 6.54 Å². The first kappa shape index (κ1) is 20.4. The number of aryl methyl sites for hydroxylation is 2. The molecule has 0 aliphatic rings. The second kappa shape index (κ2) is 8.17. The van der Waals surface area contributed by atoms with Crippen molar-refractivity contribution >= 4 is 27.4 Å². The Balaban J connectivity index is 2.61. The van der Waals surface area contributed by atoms with Gasteiger partial charge in [-0.15, -0.1) is 0 Å². The van der Waals surface area contributed by atoms with Crippen LogP contribution in [0.3, 0.4) is 0 Å². The number of benzene rings is 2. The van der Waals surface area contributed by atoms with E-state index in [1.54, 1.807) is 38.1 Å². The van der Waals surface area contributed by atoms with Crippen molar-refractivity contribution in [3.63, 3.8) is 0 Å². The number of ether oxygens (including phenoxy) is 1. The Labute approximate surface area is 157 Å². The Hall–Kier alpha value is -2.94. The molecule has 0 heterocycles. The van der Waals surface area contributed by atoms with Crippen molar-refractivity contribution in [2.45, 2.75) is 25.7 Å². The van der Waals surface area contributed by atoms with Gasteiger partial charge in [0, 0.05) is 12.1 Å². The molecule has 0 bridgehead atoms. The number of esters is 1. The van der Waals surface area contributed by atoms with Crippen molar-refractivity contribution in [3.8, 4) is 0 Å². The molecule has 2 aromatic carbocycles. The van der Waals surface area contributed by atoms with Crippen molar-refractivity contribution in [1.29, 1.82) is 0 Å². The summed E-state index contributed by atoms with van der Waals surface area (Å²) in [6.07, 6.45) is 0. The maximum Gasteiger partial charge on any atom is 0.326 e. The number of anilines is 1. The molecule has 0 radical (unpaired) electrons. The molecule has 0 saturated carbocycles. The van der Waals surface area contributed by atoms with Crippen molar-refractivity contribution in [2.24, 2.45) is 0 Å². The molecule has 144 valence electrons. The summed E-state index contributed by atoms with van der Waals surface area (Å²) in [5.74, 6) is -0.717. The first-order valence-corrected chi connectivity index (χ1v) is 9.61. The molecule has 0 fully saturated rings. The zero-order valence-corrected chi connectivity index (χ0v) is 16.0. The van der Waals surface area contributed by atoms with E-state index >= 15 is 0 Å². The largest absolute Gasteiger partial charge is 0.465 e. The van der Waals surface area contributed by atoms with E-state index in [1.165, 1.54) is 19.1 Å². The number of hydrogen-bond acceptors (Lipinski definition) is 6. The van der Waals surface area contributed by atoms with Crippen LogP contribution in [-0.2, 0) is 19.6 Å². The predicted octanol–water partition coefficient (Wildman–Crippen LogP) is 2.97. The number of rotatable bonds is 7. The van der Waals surface area contributed by atoms with E-state index in [9.17, 15) is 23.3 Å². The van der Waals surface area contributed by atoms with Gasteiger partial charge < -0.3 is 4.74 Å². The highest BCUT2D eigenvalue weighted by Crippen LogP contribution is 2.29. The average molecular weight is 392 g/mol. The summed E-state index contributed by atoms with van der Waals surface area (Å²) < 4.78 is 32.4. The summed E-state index contributed by atoms with van der Waals surface area (Å²) in [6, 6.07) is 10.2. The Bertz CT molecular complexity index is 972. The van der Waals surface area contributed by atoms with Gasteiger partial charge in [0.25, 0.3) is 15.7 Å². The van der Waals surface area contributed by atoms with E-state index in [-0.39, 0.29) is 22.9 Å². The standard InChI is InChI=1S/C18H20N2O6S/c1-4-26-18(21)12-19(15-7-5-6-13(2)10-15)27(24,25)17-11-16(20(22)23)9-8-14(17)3/h5-11H,4,12H2,1-3H3. The van der Waals surface area contributed by atoms with Crippen molar-refractivity contribution < 1.29 is 22.9 Å². The van der Waals surface area contributed by atoms with Crippen molar-refractivity contribution in [2.75, 3.05) is 17.5 Å². The zero-order valence-electron chi connectivity index (χ0n) is 15.2. The molecule has 0 aliphatic heterocycles. The lowest BCUT2D eigenvalue weighted by atomic mass is 10.2. The van der Waals surface area contributed by atoms with E-state index < -0.39 is 27.5 Å². The van der Waals surface area contributed by atoms with E-state index in [0.717, 1.165) is 15.9 Å². The third kappa shape index (κ3) is 4.62. The summed E-state index contributed by atoms with van der Waals surface area (Å²) in [7, 11) is -4.24.